The summed E-state index contributed by atoms with van der Waals surface area (Å²) in [6.07, 6.45) is 5.80. The molecule has 19 heavy (non-hydrogen) atoms. The van der Waals surface area contributed by atoms with Crippen LogP contribution in [-0.2, 0) is 0 Å². The molecule has 0 aliphatic carbocycles. The molecule has 1 aromatic rings. The van der Waals surface area contributed by atoms with Crippen LogP contribution in [0.5, 0.6) is 5.75 Å². The van der Waals surface area contributed by atoms with Crippen LogP contribution in [0.3, 0.4) is 0 Å². The third kappa shape index (κ3) is 4.05. The normalized spacial score (nSPS) is 20.2. The first-order valence-corrected chi connectivity index (χ1v) is 7.58. The molecule has 1 aromatic carbocycles. The summed E-state index contributed by atoms with van der Waals surface area (Å²) in [4.78, 5) is 13.1. The van der Waals surface area contributed by atoms with E-state index < -0.39 is 0 Å². The summed E-state index contributed by atoms with van der Waals surface area (Å²) >= 11 is 3.43. The number of hydrogen-bond acceptors (Lipinski definition) is 3. The lowest BCUT2D eigenvalue weighted by molar-refractivity contribution is 0.112. The van der Waals surface area contributed by atoms with Gasteiger partial charge in [-0.3, -0.25) is 4.79 Å². The Labute approximate surface area is 123 Å². The van der Waals surface area contributed by atoms with Crippen molar-refractivity contribution in [3.05, 3.63) is 28.2 Å². The Bertz CT molecular complexity index is 436. The van der Waals surface area contributed by atoms with Crippen molar-refractivity contribution in [2.45, 2.75) is 31.7 Å². The molecule has 0 bridgehead atoms. The number of hydrogen-bond donors (Lipinski definition) is 0. The van der Waals surface area contributed by atoms with Gasteiger partial charge >= 0.3 is 0 Å². The molecule has 1 saturated heterocycles. The second-order valence-electron chi connectivity index (χ2n) is 5.08. The Balaban J connectivity index is 1.83. The second-order valence-corrected chi connectivity index (χ2v) is 5.93. The van der Waals surface area contributed by atoms with Gasteiger partial charge in [0.1, 0.15) is 12.0 Å². The summed E-state index contributed by atoms with van der Waals surface area (Å²) < 4.78 is 6.64. The van der Waals surface area contributed by atoms with Gasteiger partial charge in [-0.1, -0.05) is 6.42 Å². The molecule has 1 unspecified atom stereocenters. The summed E-state index contributed by atoms with van der Waals surface area (Å²) in [7, 11) is 2.19. The van der Waals surface area contributed by atoms with Crippen LogP contribution in [0.4, 0.5) is 0 Å². The minimum absolute atomic E-state index is 0.641. The Morgan fingerprint density at radius 3 is 3.00 bits per heavy atom. The van der Waals surface area contributed by atoms with Gasteiger partial charge < -0.3 is 9.64 Å². The molecular weight excluding hydrogens is 306 g/mol. The van der Waals surface area contributed by atoms with E-state index in [0.717, 1.165) is 22.9 Å². The number of ether oxygens (including phenoxy) is 1. The first-order valence-electron chi connectivity index (χ1n) is 6.78. The van der Waals surface area contributed by atoms with Gasteiger partial charge in [-0.25, -0.2) is 0 Å². The van der Waals surface area contributed by atoms with Gasteiger partial charge in [-0.15, -0.1) is 0 Å². The molecule has 0 N–H and O–H groups in total. The van der Waals surface area contributed by atoms with Crippen LogP contribution in [-0.4, -0.2) is 37.4 Å². The maximum Gasteiger partial charge on any atom is 0.150 e. The highest BCUT2D eigenvalue weighted by Crippen LogP contribution is 2.26. The van der Waals surface area contributed by atoms with E-state index in [2.05, 4.69) is 27.9 Å². The number of halogens is 1. The highest BCUT2D eigenvalue weighted by molar-refractivity contribution is 9.10. The second kappa shape index (κ2) is 7.06. The van der Waals surface area contributed by atoms with E-state index >= 15 is 0 Å². The number of piperidine rings is 1. The average molecular weight is 326 g/mol. The Morgan fingerprint density at radius 2 is 2.32 bits per heavy atom. The van der Waals surface area contributed by atoms with E-state index in [4.69, 9.17) is 4.74 Å². The quantitative estimate of drug-likeness (QED) is 0.776. The third-order valence-electron chi connectivity index (χ3n) is 3.72. The molecule has 1 heterocycles. The number of carbonyl (C=O) groups excluding carboxylic acids is 1. The van der Waals surface area contributed by atoms with E-state index in [1.807, 2.05) is 6.07 Å². The molecule has 104 valence electrons. The fourth-order valence-corrected chi connectivity index (χ4v) is 3.03. The molecule has 1 aliphatic heterocycles. The van der Waals surface area contributed by atoms with Gasteiger partial charge in [0.15, 0.2) is 0 Å². The number of aldehydes is 1. The minimum Gasteiger partial charge on any atom is -0.492 e. The van der Waals surface area contributed by atoms with Crippen molar-refractivity contribution in [2.75, 3.05) is 20.2 Å². The SMILES string of the molecule is CN1CCCCC1CCOc1ccc(C=O)cc1Br. The average Bonchev–Trinajstić information content (AvgIpc) is 2.42. The van der Waals surface area contributed by atoms with E-state index in [0.29, 0.717) is 18.2 Å². The Kier molecular flexibility index (Phi) is 5.40. The monoisotopic (exact) mass is 325 g/mol. The van der Waals surface area contributed by atoms with Crippen LogP contribution in [0.25, 0.3) is 0 Å². The molecule has 1 atom stereocenters. The first-order chi connectivity index (χ1) is 9.20. The minimum atomic E-state index is 0.641. The summed E-state index contributed by atoms with van der Waals surface area (Å²) in [5.74, 6) is 0.809. The summed E-state index contributed by atoms with van der Waals surface area (Å²) in [6.45, 7) is 1.91. The molecule has 1 aliphatic rings. The highest BCUT2D eigenvalue weighted by atomic mass is 79.9. The highest BCUT2D eigenvalue weighted by Gasteiger charge is 2.18. The van der Waals surface area contributed by atoms with E-state index in [1.54, 1.807) is 12.1 Å². The van der Waals surface area contributed by atoms with Crippen LogP contribution in [0.1, 0.15) is 36.0 Å². The van der Waals surface area contributed by atoms with E-state index in [1.165, 1.54) is 25.8 Å². The van der Waals surface area contributed by atoms with Crippen LogP contribution in [0.15, 0.2) is 22.7 Å². The lowest BCUT2D eigenvalue weighted by Crippen LogP contribution is -2.37. The number of likely N-dealkylation sites (tertiary alicyclic amines) is 1. The molecule has 0 radical (unpaired) electrons. The number of carbonyl (C=O) groups is 1. The smallest absolute Gasteiger partial charge is 0.150 e. The zero-order chi connectivity index (χ0) is 13.7. The van der Waals surface area contributed by atoms with Gasteiger partial charge in [-0.2, -0.15) is 0 Å². The lowest BCUT2D eigenvalue weighted by Gasteiger charge is -2.32. The Morgan fingerprint density at radius 1 is 1.47 bits per heavy atom. The number of nitrogens with zero attached hydrogens (tertiary/aromatic N) is 1. The molecule has 1 fully saturated rings. The Hall–Kier alpha value is -0.870. The van der Waals surface area contributed by atoms with Gasteiger partial charge in [0, 0.05) is 11.6 Å². The molecular formula is C15H20BrNO2. The van der Waals surface area contributed by atoms with Crippen LogP contribution in [0, 0.1) is 0 Å². The summed E-state index contributed by atoms with van der Waals surface area (Å²) in [5.41, 5.74) is 0.659. The van der Waals surface area contributed by atoms with Gasteiger partial charge in [0.05, 0.1) is 11.1 Å². The molecule has 3 nitrogen and oxygen atoms in total. The van der Waals surface area contributed by atoms with Gasteiger partial charge in [0.25, 0.3) is 0 Å². The zero-order valence-corrected chi connectivity index (χ0v) is 12.9. The van der Waals surface area contributed by atoms with Crippen molar-refractivity contribution in [1.82, 2.24) is 4.90 Å². The maximum atomic E-state index is 10.7. The molecule has 4 heteroatoms. The molecule has 0 aromatic heterocycles. The van der Waals surface area contributed by atoms with Crippen molar-refractivity contribution < 1.29 is 9.53 Å². The van der Waals surface area contributed by atoms with Gasteiger partial charge in [-0.05, 0) is 67.0 Å². The first kappa shape index (κ1) is 14.5. The molecule has 0 saturated carbocycles. The van der Waals surface area contributed by atoms with Crippen molar-refractivity contribution in [3.63, 3.8) is 0 Å². The van der Waals surface area contributed by atoms with Crippen LogP contribution in [0.2, 0.25) is 0 Å². The van der Waals surface area contributed by atoms with E-state index in [9.17, 15) is 4.79 Å². The van der Waals surface area contributed by atoms with Crippen LogP contribution >= 0.6 is 15.9 Å². The molecule has 0 spiro atoms. The number of rotatable bonds is 5. The van der Waals surface area contributed by atoms with Crippen molar-refractivity contribution in [3.8, 4) is 5.75 Å². The third-order valence-corrected chi connectivity index (χ3v) is 4.34. The van der Waals surface area contributed by atoms with Gasteiger partial charge in [0.2, 0.25) is 0 Å². The number of benzene rings is 1. The van der Waals surface area contributed by atoms with Crippen LogP contribution < -0.4 is 4.74 Å². The maximum absolute atomic E-state index is 10.7. The van der Waals surface area contributed by atoms with Crippen molar-refractivity contribution in [2.24, 2.45) is 0 Å². The fourth-order valence-electron chi connectivity index (χ4n) is 2.52. The zero-order valence-electron chi connectivity index (χ0n) is 11.3. The summed E-state index contributed by atoms with van der Waals surface area (Å²) in [5, 5.41) is 0. The molecule has 2 rings (SSSR count). The standard InChI is InChI=1S/C15H20BrNO2/c1-17-8-3-2-4-13(17)7-9-19-15-6-5-12(11-18)10-14(15)16/h5-6,10-11,13H,2-4,7-9H2,1H3. The topological polar surface area (TPSA) is 29.5 Å². The lowest BCUT2D eigenvalue weighted by atomic mass is 10.0. The molecule has 0 amide bonds. The fraction of sp³-hybridized carbons (Fsp3) is 0.533. The predicted molar refractivity (Wildman–Crippen MR) is 79.9 cm³/mol. The van der Waals surface area contributed by atoms with Crippen molar-refractivity contribution >= 4 is 22.2 Å². The van der Waals surface area contributed by atoms with E-state index in [-0.39, 0.29) is 0 Å². The largest absolute Gasteiger partial charge is 0.492 e. The predicted octanol–water partition coefficient (Wildman–Crippen LogP) is 3.51. The summed E-state index contributed by atoms with van der Waals surface area (Å²) in [6, 6.07) is 6.05. The van der Waals surface area contributed by atoms with Crippen molar-refractivity contribution in [1.29, 1.82) is 0 Å².